The average Bonchev–Trinajstić information content (AvgIpc) is 3.31. The van der Waals surface area contributed by atoms with E-state index in [1.807, 2.05) is 34.8 Å². The number of likely N-dealkylation sites (tertiary alicyclic amines) is 1. The second kappa shape index (κ2) is 7.25. The summed E-state index contributed by atoms with van der Waals surface area (Å²) >= 11 is 0. The summed E-state index contributed by atoms with van der Waals surface area (Å²) in [6, 6.07) is 7.27. The van der Waals surface area contributed by atoms with E-state index < -0.39 is 0 Å². The summed E-state index contributed by atoms with van der Waals surface area (Å²) < 4.78 is 7.18. The Balaban J connectivity index is 1.49. The van der Waals surface area contributed by atoms with Crippen LogP contribution in [0.15, 0.2) is 41.1 Å². The van der Waals surface area contributed by atoms with Gasteiger partial charge in [0.1, 0.15) is 5.76 Å². The summed E-state index contributed by atoms with van der Waals surface area (Å²) in [4.78, 5) is 26.1. The topological polar surface area (TPSA) is 79.5 Å². The molecule has 3 rings (SSSR count). The van der Waals surface area contributed by atoms with Crippen molar-refractivity contribution in [2.45, 2.75) is 25.4 Å². The summed E-state index contributed by atoms with van der Waals surface area (Å²) in [6.07, 6.45) is 5.47. The lowest BCUT2D eigenvalue weighted by molar-refractivity contribution is -0.131. The molecule has 2 aromatic heterocycles. The molecule has 7 nitrogen and oxygen atoms in total. The minimum Gasteiger partial charge on any atom is -0.467 e. The molecular weight excluding hydrogens is 308 g/mol. The maximum Gasteiger partial charge on any atom is 0.315 e. The van der Waals surface area contributed by atoms with Gasteiger partial charge in [-0.3, -0.25) is 4.79 Å². The quantitative estimate of drug-likeness (QED) is 0.877. The smallest absolute Gasteiger partial charge is 0.315 e. The van der Waals surface area contributed by atoms with E-state index in [1.54, 1.807) is 18.4 Å². The normalized spacial score (nSPS) is 17.0. The van der Waals surface area contributed by atoms with Crippen molar-refractivity contribution in [3.63, 3.8) is 0 Å². The highest BCUT2D eigenvalue weighted by Gasteiger charge is 2.31. The van der Waals surface area contributed by atoms with Crippen molar-refractivity contribution in [2.75, 3.05) is 13.1 Å². The molecule has 0 unspecified atom stereocenters. The largest absolute Gasteiger partial charge is 0.467 e. The number of nitrogens with zero attached hydrogens (tertiary/aromatic N) is 2. The van der Waals surface area contributed by atoms with Crippen molar-refractivity contribution in [3.8, 4) is 0 Å². The molecule has 2 N–H and O–H groups in total. The molecule has 7 heteroatoms. The maximum atomic E-state index is 12.5. The molecule has 3 heterocycles. The molecule has 1 saturated heterocycles. The van der Waals surface area contributed by atoms with E-state index in [9.17, 15) is 9.59 Å². The van der Waals surface area contributed by atoms with Crippen LogP contribution in [-0.4, -0.2) is 34.5 Å². The van der Waals surface area contributed by atoms with Gasteiger partial charge in [-0.2, -0.15) is 0 Å². The molecule has 1 aliphatic rings. The summed E-state index contributed by atoms with van der Waals surface area (Å²) in [5.41, 5.74) is 1.13. The van der Waals surface area contributed by atoms with Crippen LogP contribution in [0.4, 0.5) is 4.79 Å². The van der Waals surface area contributed by atoms with E-state index in [0.717, 1.165) is 25.1 Å². The first-order chi connectivity index (χ1) is 11.6. The molecule has 0 saturated carbocycles. The lowest BCUT2D eigenvalue weighted by atomic mass is 10.1. The Bertz CT molecular complexity index is 693. The van der Waals surface area contributed by atoms with Gasteiger partial charge in [-0.05, 0) is 37.1 Å². The maximum absolute atomic E-state index is 12.5. The van der Waals surface area contributed by atoms with Crippen molar-refractivity contribution in [1.29, 1.82) is 0 Å². The van der Waals surface area contributed by atoms with Gasteiger partial charge in [-0.15, -0.1) is 0 Å². The second-order valence-corrected chi connectivity index (χ2v) is 5.90. The van der Waals surface area contributed by atoms with Crippen LogP contribution in [0.25, 0.3) is 0 Å². The number of nitrogens with one attached hydrogen (secondary N) is 2. The van der Waals surface area contributed by atoms with Crippen LogP contribution in [0.3, 0.4) is 0 Å². The molecular formula is C17H22N4O3. The zero-order valence-electron chi connectivity index (χ0n) is 13.7. The van der Waals surface area contributed by atoms with Crippen molar-refractivity contribution in [1.82, 2.24) is 20.1 Å². The number of furan rings is 1. The third-order valence-corrected chi connectivity index (χ3v) is 4.30. The number of aromatic nitrogens is 1. The average molecular weight is 330 g/mol. The molecule has 0 aromatic carbocycles. The van der Waals surface area contributed by atoms with Gasteiger partial charge in [0.15, 0.2) is 0 Å². The van der Waals surface area contributed by atoms with Crippen LogP contribution in [0.2, 0.25) is 0 Å². The Hall–Kier alpha value is -2.70. The molecule has 24 heavy (non-hydrogen) atoms. The first-order valence-corrected chi connectivity index (χ1v) is 8.10. The highest BCUT2D eigenvalue weighted by molar-refractivity contribution is 5.84. The Labute approximate surface area is 140 Å². The minimum absolute atomic E-state index is 0.00902. The van der Waals surface area contributed by atoms with E-state index in [1.165, 1.54) is 0 Å². The SMILES string of the molecule is Cn1cccc1[C@@H]1CCCN1C(=O)CNC(=O)NCc1ccco1. The highest BCUT2D eigenvalue weighted by Crippen LogP contribution is 2.31. The fourth-order valence-electron chi connectivity index (χ4n) is 3.09. The van der Waals surface area contributed by atoms with Gasteiger partial charge in [-0.1, -0.05) is 0 Å². The minimum atomic E-state index is -0.380. The Kier molecular flexibility index (Phi) is 4.88. The Morgan fingerprint density at radius 2 is 2.17 bits per heavy atom. The van der Waals surface area contributed by atoms with Gasteiger partial charge in [0.25, 0.3) is 0 Å². The molecule has 3 amide bonds. The van der Waals surface area contributed by atoms with Crippen molar-refractivity contribution in [3.05, 3.63) is 48.2 Å². The standard InChI is InChI=1S/C17H22N4O3/c1-20-8-2-6-14(20)15-7-3-9-21(15)16(22)12-19-17(23)18-11-13-5-4-10-24-13/h2,4-6,8,10,15H,3,7,9,11-12H2,1H3,(H2,18,19,23)/t15-/m0/s1. The van der Waals surface area contributed by atoms with E-state index in [4.69, 9.17) is 4.42 Å². The van der Waals surface area contributed by atoms with Gasteiger partial charge < -0.3 is 24.5 Å². The summed E-state index contributed by atoms with van der Waals surface area (Å²) in [7, 11) is 1.98. The molecule has 0 aliphatic carbocycles. The molecule has 1 atom stereocenters. The van der Waals surface area contributed by atoms with Crippen LogP contribution in [0.1, 0.15) is 30.3 Å². The summed E-state index contributed by atoms with van der Waals surface area (Å²) in [5, 5.41) is 5.27. The molecule has 0 bridgehead atoms. The number of hydrogen-bond acceptors (Lipinski definition) is 3. The Morgan fingerprint density at radius 3 is 2.88 bits per heavy atom. The molecule has 0 radical (unpaired) electrons. The number of hydrogen-bond donors (Lipinski definition) is 2. The highest BCUT2D eigenvalue weighted by atomic mass is 16.3. The van der Waals surface area contributed by atoms with Gasteiger partial charge in [0.05, 0.1) is 25.4 Å². The van der Waals surface area contributed by atoms with Gasteiger partial charge >= 0.3 is 6.03 Å². The molecule has 128 valence electrons. The van der Waals surface area contributed by atoms with E-state index >= 15 is 0 Å². The van der Waals surface area contributed by atoms with Crippen LogP contribution < -0.4 is 10.6 Å². The molecule has 2 aromatic rings. The van der Waals surface area contributed by atoms with Gasteiger partial charge in [-0.25, -0.2) is 4.79 Å². The van der Waals surface area contributed by atoms with Crippen LogP contribution in [0, 0.1) is 0 Å². The van der Waals surface area contributed by atoms with Gasteiger partial charge in [0, 0.05) is 25.5 Å². The number of amides is 3. The predicted molar refractivity (Wildman–Crippen MR) is 88.0 cm³/mol. The predicted octanol–water partition coefficient (Wildman–Crippen LogP) is 1.78. The summed E-state index contributed by atoms with van der Waals surface area (Å²) in [6.45, 7) is 1.01. The lowest BCUT2D eigenvalue weighted by Crippen LogP contribution is -2.43. The van der Waals surface area contributed by atoms with Crippen LogP contribution >= 0.6 is 0 Å². The number of carbonyl (C=O) groups excluding carboxylic acids is 2. The third-order valence-electron chi connectivity index (χ3n) is 4.30. The fraction of sp³-hybridized carbons (Fsp3) is 0.412. The van der Waals surface area contributed by atoms with Crippen LogP contribution in [-0.2, 0) is 18.4 Å². The lowest BCUT2D eigenvalue weighted by Gasteiger charge is -2.25. The van der Waals surface area contributed by atoms with E-state index in [0.29, 0.717) is 12.3 Å². The fourth-order valence-corrected chi connectivity index (χ4v) is 3.09. The molecule has 1 aliphatic heterocycles. The van der Waals surface area contributed by atoms with Crippen molar-refractivity contribution < 1.29 is 14.0 Å². The van der Waals surface area contributed by atoms with E-state index in [-0.39, 0.29) is 24.5 Å². The third kappa shape index (κ3) is 3.61. The first kappa shape index (κ1) is 16.2. The number of urea groups is 1. The molecule has 0 spiro atoms. The van der Waals surface area contributed by atoms with Gasteiger partial charge in [0.2, 0.25) is 5.91 Å². The number of rotatable bonds is 5. The Morgan fingerprint density at radius 1 is 1.29 bits per heavy atom. The first-order valence-electron chi connectivity index (χ1n) is 8.10. The van der Waals surface area contributed by atoms with E-state index in [2.05, 4.69) is 10.6 Å². The van der Waals surface area contributed by atoms with Crippen molar-refractivity contribution in [2.24, 2.45) is 7.05 Å². The number of aryl methyl sites for hydroxylation is 1. The zero-order chi connectivity index (χ0) is 16.9. The monoisotopic (exact) mass is 330 g/mol. The number of carbonyl (C=O) groups is 2. The second-order valence-electron chi connectivity index (χ2n) is 5.90. The zero-order valence-corrected chi connectivity index (χ0v) is 13.7. The molecule has 1 fully saturated rings. The van der Waals surface area contributed by atoms with Crippen LogP contribution in [0.5, 0.6) is 0 Å². The summed E-state index contributed by atoms with van der Waals surface area (Å²) in [5.74, 6) is 0.603. The van der Waals surface area contributed by atoms with Crippen molar-refractivity contribution >= 4 is 11.9 Å².